The first kappa shape index (κ1) is 11.3. The Labute approximate surface area is 108 Å². The molecule has 2 aromatic carbocycles. The fourth-order valence-corrected chi connectivity index (χ4v) is 2.80. The van der Waals surface area contributed by atoms with Gasteiger partial charge in [-0.25, -0.2) is 0 Å². The first-order chi connectivity index (χ1) is 8.75. The second kappa shape index (κ2) is 4.46. The van der Waals surface area contributed by atoms with Crippen molar-refractivity contribution in [3.05, 3.63) is 65.2 Å². The van der Waals surface area contributed by atoms with Gasteiger partial charge in [-0.05, 0) is 36.1 Å². The average molecular weight is 238 g/mol. The molecule has 92 valence electrons. The van der Waals surface area contributed by atoms with Gasteiger partial charge in [-0.3, -0.25) is 0 Å². The largest absolute Gasteiger partial charge is 0.398 e. The molecule has 2 heteroatoms. The molecule has 0 aromatic heterocycles. The molecule has 0 bridgehead atoms. The standard InChI is InChI=1S/C16H18N2/c1-11-10-12-6-2-3-7-13(12)16(18-11)14-8-4-5-9-15(14)17/h2-9,11,16,18H,10,17H2,1H3/t11-,16-/m0/s1. The van der Waals surface area contributed by atoms with Gasteiger partial charge in [-0.15, -0.1) is 0 Å². The van der Waals surface area contributed by atoms with Crippen molar-refractivity contribution >= 4 is 5.69 Å². The lowest BCUT2D eigenvalue weighted by Crippen LogP contribution is -2.38. The second-order valence-corrected chi connectivity index (χ2v) is 5.03. The second-order valence-electron chi connectivity index (χ2n) is 5.03. The van der Waals surface area contributed by atoms with Crippen molar-refractivity contribution in [3.63, 3.8) is 0 Å². The van der Waals surface area contributed by atoms with Crippen LogP contribution in [0.25, 0.3) is 0 Å². The van der Waals surface area contributed by atoms with E-state index in [0.29, 0.717) is 6.04 Å². The molecule has 0 aliphatic carbocycles. The summed E-state index contributed by atoms with van der Waals surface area (Å²) in [7, 11) is 0. The number of hydrogen-bond donors (Lipinski definition) is 2. The summed E-state index contributed by atoms with van der Waals surface area (Å²) in [6, 6.07) is 17.4. The Hall–Kier alpha value is -1.80. The molecular formula is C16H18N2. The summed E-state index contributed by atoms with van der Waals surface area (Å²) in [6.45, 7) is 2.22. The van der Waals surface area contributed by atoms with Gasteiger partial charge in [0.05, 0.1) is 6.04 Å². The van der Waals surface area contributed by atoms with Crippen LogP contribution in [0.3, 0.4) is 0 Å². The van der Waals surface area contributed by atoms with Crippen LogP contribution in [0.2, 0.25) is 0 Å². The number of hydrogen-bond acceptors (Lipinski definition) is 2. The van der Waals surface area contributed by atoms with E-state index in [2.05, 4.69) is 48.6 Å². The third kappa shape index (κ3) is 1.89. The molecule has 2 atom stereocenters. The average Bonchev–Trinajstić information content (AvgIpc) is 2.38. The van der Waals surface area contributed by atoms with Gasteiger partial charge in [-0.2, -0.15) is 0 Å². The van der Waals surface area contributed by atoms with Crippen LogP contribution in [0.1, 0.15) is 29.7 Å². The van der Waals surface area contributed by atoms with Crippen molar-refractivity contribution in [2.45, 2.75) is 25.4 Å². The third-order valence-electron chi connectivity index (χ3n) is 3.65. The molecule has 2 nitrogen and oxygen atoms in total. The Morgan fingerprint density at radius 2 is 1.67 bits per heavy atom. The van der Waals surface area contributed by atoms with Crippen molar-refractivity contribution in [1.29, 1.82) is 0 Å². The predicted molar refractivity (Wildman–Crippen MR) is 75.4 cm³/mol. The molecule has 2 aromatic rings. The van der Waals surface area contributed by atoms with Crippen molar-refractivity contribution in [3.8, 4) is 0 Å². The first-order valence-electron chi connectivity index (χ1n) is 6.44. The first-order valence-corrected chi connectivity index (χ1v) is 6.44. The molecule has 1 aliphatic rings. The Kier molecular flexibility index (Phi) is 2.80. The monoisotopic (exact) mass is 238 g/mol. The van der Waals surface area contributed by atoms with Gasteiger partial charge >= 0.3 is 0 Å². The smallest absolute Gasteiger partial charge is 0.0601 e. The van der Waals surface area contributed by atoms with E-state index >= 15 is 0 Å². The Morgan fingerprint density at radius 3 is 2.44 bits per heavy atom. The summed E-state index contributed by atoms with van der Waals surface area (Å²) < 4.78 is 0. The van der Waals surface area contributed by atoms with Gasteiger partial charge in [0, 0.05) is 11.7 Å². The number of nitrogens with one attached hydrogen (secondary N) is 1. The van der Waals surface area contributed by atoms with Crippen molar-refractivity contribution in [2.75, 3.05) is 5.73 Å². The number of nitrogen functional groups attached to an aromatic ring is 1. The highest BCUT2D eigenvalue weighted by molar-refractivity contribution is 5.53. The number of rotatable bonds is 1. The van der Waals surface area contributed by atoms with E-state index in [1.54, 1.807) is 0 Å². The van der Waals surface area contributed by atoms with E-state index in [1.165, 1.54) is 16.7 Å². The summed E-state index contributed by atoms with van der Waals surface area (Å²) in [5.74, 6) is 0. The molecule has 0 saturated carbocycles. The highest BCUT2D eigenvalue weighted by Gasteiger charge is 2.25. The molecule has 0 amide bonds. The van der Waals surface area contributed by atoms with Crippen LogP contribution < -0.4 is 11.1 Å². The number of benzene rings is 2. The van der Waals surface area contributed by atoms with Crippen LogP contribution in [0.15, 0.2) is 48.5 Å². The molecule has 0 radical (unpaired) electrons. The van der Waals surface area contributed by atoms with E-state index in [-0.39, 0.29) is 6.04 Å². The van der Waals surface area contributed by atoms with Crippen molar-refractivity contribution in [1.82, 2.24) is 5.32 Å². The molecule has 1 aliphatic heterocycles. The van der Waals surface area contributed by atoms with Gasteiger partial charge in [0.1, 0.15) is 0 Å². The van der Waals surface area contributed by atoms with Gasteiger partial charge < -0.3 is 11.1 Å². The van der Waals surface area contributed by atoms with Gasteiger partial charge in [0.2, 0.25) is 0 Å². The van der Waals surface area contributed by atoms with Crippen LogP contribution >= 0.6 is 0 Å². The Bertz CT molecular complexity index is 563. The van der Waals surface area contributed by atoms with Crippen LogP contribution in [0, 0.1) is 0 Å². The van der Waals surface area contributed by atoms with E-state index in [1.807, 2.05) is 12.1 Å². The minimum absolute atomic E-state index is 0.214. The third-order valence-corrected chi connectivity index (χ3v) is 3.65. The SMILES string of the molecule is C[C@H]1Cc2ccccc2[C@@H](c2ccccc2N)N1. The fraction of sp³-hybridized carbons (Fsp3) is 0.250. The van der Waals surface area contributed by atoms with E-state index in [4.69, 9.17) is 5.73 Å². The van der Waals surface area contributed by atoms with Crippen molar-refractivity contribution in [2.24, 2.45) is 0 Å². The van der Waals surface area contributed by atoms with Crippen LogP contribution in [0.5, 0.6) is 0 Å². The normalized spacial score (nSPS) is 22.5. The zero-order chi connectivity index (χ0) is 12.5. The lowest BCUT2D eigenvalue weighted by molar-refractivity contribution is 0.465. The zero-order valence-corrected chi connectivity index (χ0v) is 10.6. The van der Waals surface area contributed by atoms with Gasteiger partial charge in [-0.1, -0.05) is 42.5 Å². The van der Waals surface area contributed by atoms with Gasteiger partial charge in [0.25, 0.3) is 0 Å². The molecule has 1 heterocycles. The Morgan fingerprint density at radius 1 is 1.00 bits per heavy atom. The van der Waals surface area contributed by atoms with E-state index in [0.717, 1.165) is 12.1 Å². The molecule has 18 heavy (non-hydrogen) atoms. The quantitative estimate of drug-likeness (QED) is 0.750. The van der Waals surface area contributed by atoms with E-state index in [9.17, 15) is 0 Å². The summed E-state index contributed by atoms with van der Waals surface area (Å²) in [5.41, 5.74) is 10.9. The summed E-state index contributed by atoms with van der Waals surface area (Å²) in [6.07, 6.45) is 1.08. The minimum Gasteiger partial charge on any atom is -0.398 e. The fourth-order valence-electron chi connectivity index (χ4n) is 2.80. The molecule has 0 unspecified atom stereocenters. The molecule has 0 saturated heterocycles. The molecule has 3 rings (SSSR count). The highest BCUT2D eigenvalue weighted by atomic mass is 15.0. The molecule has 0 fully saturated rings. The molecule has 3 N–H and O–H groups in total. The van der Waals surface area contributed by atoms with Crippen LogP contribution in [-0.4, -0.2) is 6.04 Å². The highest BCUT2D eigenvalue weighted by Crippen LogP contribution is 2.32. The van der Waals surface area contributed by atoms with Crippen LogP contribution in [-0.2, 0) is 6.42 Å². The zero-order valence-electron chi connectivity index (χ0n) is 10.6. The summed E-state index contributed by atoms with van der Waals surface area (Å²) in [5, 5.41) is 3.65. The number of fused-ring (bicyclic) bond motifs is 1. The Balaban J connectivity index is 2.11. The maximum Gasteiger partial charge on any atom is 0.0601 e. The van der Waals surface area contributed by atoms with E-state index < -0.39 is 0 Å². The summed E-state index contributed by atoms with van der Waals surface area (Å²) >= 11 is 0. The van der Waals surface area contributed by atoms with Gasteiger partial charge in [0.15, 0.2) is 0 Å². The topological polar surface area (TPSA) is 38.0 Å². The lowest BCUT2D eigenvalue weighted by atomic mass is 9.86. The predicted octanol–water partition coefficient (Wildman–Crippen LogP) is 2.89. The van der Waals surface area contributed by atoms with Crippen LogP contribution in [0.4, 0.5) is 5.69 Å². The summed E-state index contributed by atoms with van der Waals surface area (Å²) in [4.78, 5) is 0. The number of nitrogens with two attached hydrogens (primary N) is 1. The maximum atomic E-state index is 6.11. The lowest BCUT2D eigenvalue weighted by Gasteiger charge is -2.32. The molecule has 0 spiro atoms. The minimum atomic E-state index is 0.214. The molecular weight excluding hydrogens is 220 g/mol. The number of anilines is 1. The maximum absolute atomic E-state index is 6.11. The number of para-hydroxylation sites is 1. The van der Waals surface area contributed by atoms with Crippen molar-refractivity contribution < 1.29 is 0 Å².